The number of unbranched alkanes of at least 4 members (excludes halogenated alkanes) is 17. The minimum atomic E-state index is -0.00481. The van der Waals surface area contributed by atoms with Crippen LogP contribution in [0.4, 0.5) is 0 Å². The topological polar surface area (TPSA) is 65.1 Å². The van der Waals surface area contributed by atoms with Crippen LogP contribution in [0.15, 0.2) is 0 Å². The quantitative estimate of drug-likeness (QED) is 0.0451. The first-order valence-corrected chi connectivity index (χ1v) is 25.4. The van der Waals surface area contributed by atoms with E-state index in [-0.39, 0.29) is 11.9 Å². The normalized spacial score (nSPS) is 12.4. The average molecular weight is 808 g/mol. The molecule has 57 heavy (non-hydrogen) atoms. The Balaban J connectivity index is 4.34. The molecule has 0 saturated heterocycles. The third-order valence-electron chi connectivity index (χ3n) is 12.4. The summed E-state index contributed by atoms with van der Waals surface area (Å²) in [5, 5.41) is 0. The summed E-state index contributed by atoms with van der Waals surface area (Å²) >= 11 is 0. The van der Waals surface area contributed by atoms with Gasteiger partial charge < -0.3 is 19.1 Å². The van der Waals surface area contributed by atoms with Gasteiger partial charge in [0.2, 0.25) is 0 Å². The van der Waals surface area contributed by atoms with E-state index in [0.29, 0.717) is 50.0 Å². The van der Waals surface area contributed by atoms with Crippen LogP contribution in [0.1, 0.15) is 260 Å². The van der Waals surface area contributed by atoms with E-state index in [1.807, 2.05) is 0 Å². The van der Waals surface area contributed by atoms with Gasteiger partial charge in [-0.25, -0.2) is 0 Å². The zero-order valence-electron chi connectivity index (χ0n) is 39.7. The Kier molecular flexibility index (Phi) is 42.1. The lowest BCUT2D eigenvalue weighted by molar-refractivity contribution is -0.145. The maximum Gasteiger partial charge on any atom is 0.305 e. The van der Waals surface area contributed by atoms with Crippen LogP contribution in [-0.2, 0) is 23.8 Å². The molecule has 0 bridgehead atoms. The molecule has 0 aliphatic carbocycles. The van der Waals surface area contributed by atoms with Gasteiger partial charge in [-0.3, -0.25) is 9.59 Å². The van der Waals surface area contributed by atoms with Crippen molar-refractivity contribution in [2.75, 3.05) is 33.4 Å². The van der Waals surface area contributed by atoms with E-state index in [1.165, 1.54) is 141 Å². The Morgan fingerprint density at radius 1 is 0.421 bits per heavy atom. The monoisotopic (exact) mass is 808 g/mol. The number of hydrogen-bond acceptors (Lipinski definition) is 6. The Morgan fingerprint density at radius 3 is 1.18 bits per heavy atom. The van der Waals surface area contributed by atoms with E-state index in [9.17, 15) is 9.59 Å². The maximum atomic E-state index is 12.5. The molecule has 0 spiro atoms. The van der Waals surface area contributed by atoms with Crippen LogP contribution in [0.25, 0.3) is 0 Å². The molecule has 340 valence electrons. The Hall–Kier alpha value is -1.14. The lowest BCUT2D eigenvalue weighted by Crippen LogP contribution is -2.27. The first-order valence-electron chi connectivity index (χ1n) is 25.4. The Morgan fingerprint density at radius 2 is 0.789 bits per heavy atom. The third kappa shape index (κ3) is 38.8. The van der Waals surface area contributed by atoms with E-state index in [0.717, 1.165) is 77.4 Å². The molecule has 1 unspecified atom stereocenters. The standard InChI is InChI=1S/C51H101NO5/c1-8-12-22-32-47(33-23-13-9-2)40-44-56-50(53)38-28-19-17-16-18-26-36-49(55-43-31-30-42-52(7)46(5)6)37-27-20-21-29-39-51(54)57-45-41-48(34-24-14-10-3)35-25-15-11-4/h46-49H,8-45H2,1-7H3. The van der Waals surface area contributed by atoms with Crippen molar-refractivity contribution in [3.63, 3.8) is 0 Å². The third-order valence-corrected chi connectivity index (χ3v) is 12.4. The smallest absolute Gasteiger partial charge is 0.305 e. The van der Waals surface area contributed by atoms with E-state index < -0.39 is 0 Å². The molecule has 0 aliphatic heterocycles. The minimum absolute atomic E-state index is 0.00123. The average Bonchev–Trinajstić information content (AvgIpc) is 3.19. The van der Waals surface area contributed by atoms with Gasteiger partial charge in [0.15, 0.2) is 0 Å². The van der Waals surface area contributed by atoms with Crippen molar-refractivity contribution >= 4 is 11.9 Å². The fraction of sp³-hybridized carbons (Fsp3) is 0.961. The second-order valence-corrected chi connectivity index (χ2v) is 18.1. The Labute approximate surface area is 356 Å². The highest BCUT2D eigenvalue weighted by Crippen LogP contribution is 2.23. The van der Waals surface area contributed by atoms with Crippen molar-refractivity contribution in [1.82, 2.24) is 4.90 Å². The van der Waals surface area contributed by atoms with Gasteiger partial charge in [-0.05, 0) is 90.6 Å². The number of esters is 2. The Bertz CT molecular complexity index is 829. The van der Waals surface area contributed by atoms with Crippen LogP contribution in [0, 0.1) is 11.8 Å². The second kappa shape index (κ2) is 43.0. The summed E-state index contributed by atoms with van der Waals surface area (Å²) in [6, 6.07) is 0.588. The molecule has 0 aliphatic rings. The first kappa shape index (κ1) is 55.9. The lowest BCUT2D eigenvalue weighted by Gasteiger charge is -2.21. The molecule has 0 fully saturated rings. The van der Waals surface area contributed by atoms with Crippen LogP contribution in [0.2, 0.25) is 0 Å². The fourth-order valence-electron chi connectivity index (χ4n) is 8.05. The van der Waals surface area contributed by atoms with Crippen LogP contribution in [0.5, 0.6) is 0 Å². The molecule has 0 aromatic heterocycles. The number of hydrogen-bond donors (Lipinski definition) is 0. The first-order chi connectivity index (χ1) is 27.8. The van der Waals surface area contributed by atoms with Gasteiger partial charge in [-0.15, -0.1) is 0 Å². The highest BCUT2D eigenvalue weighted by Gasteiger charge is 2.13. The number of rotatable bonds is 45. The molecule has 1 atom stereocenters. The van der Waals surface area contributed by atoms with Gasteiger partial charge in [0.25, 0.3) is 0 Å². The van der Waals surface area contributed by atoms with E-state index in [4.69, 9.17) is 14.2 Å². The number of carbonyl (C=O) groups is 2. The largest absolute Gasteiger partial charge is 0.466 e. The molecule has 6 heteroatoms. The highest BCUT2D eigenvalue weighted by atomic mass is 16.5. The summed E-state index contributed by atoms with van der Waals surface area (Å²) in [5.74, 6) is 1.42. The zero-order chi connectivity index (χ0) is 42.0. The lowest BCUT2D eigenvalue weighted by atomic mass is 9.92. The summed E-state index contributed by atoms with van der Waals surface area (Å²) < 4.78 is 17.8. The van der Waals surface area contributed by atoms with Gasteiger partial charge in [-0.1, -0.05) is 182 Å². The van der Waals surface area contributed by atoms with Crippen molar-refractivity contribution in [2.45, 2.75) is 272 Å². The van der Waals surface area contributed by atoms with Crippen molar-refractivity contribution in [2.24, 2.45) is 11.8 Å². The van der Waals surface area contributed by atoms with E-state index >= 15 is 0 Å². The summed E-state index contributed by atoms with van der Waals surface area (Å²) in [7, 11) is 2.21. The van der Waals surface area contributed by atoms with Gasteiger partial charge in [-0.2, -0.15) is 0 Å². The molecule has 0 rings (SSSR count). The van der Waals surface area contributed by atoms with Crippen LogP contribution in [0.3, 0.4) is 0 Å². The van der Waals surface area contributed by atoms with Gasteiger partial charge in [0.1, 0.15) is 0 Å². The molecular formula is C51H101NO5. The maximum absolute atomic E-state index is 12.5. The molecule has 0 aromatic carbocycles. The van der Waals surface area contributed by atoms with Gasteiger partial charge in [0.05, 0.1) is 19.3 Å². The fourth-order valence-corrected chi connectivity index (χ4v) is 8.05. The molecule has 6 nitrogen and oxygen atoms in total. The molecule has 0 aromatic rings. The van der Waals surface area contributed by atoms with E-state index in [1.54, 1.807) is 0 Å². The van der Waals surface area contributed by atoms with Crippen LogP contribution in [-0.4, -0.2) is 62.4 Å². The molecule has 0 saturated carbocycles. The summed E-state index contributed by atoms with van der Waals surface area (Å²) in [4.78, 5) is 27.3. The SMILES string of the molecule is CCCCCC(CCCCC)CCOC(=O)CCCCCCCCC(CCCCCCC(=O)OCCC(CCCCC)CCCCC)OCCCCN(C)C(C)C. The van der Waals surface area contributed by atoms with Crippen molar-refractivity contribution in [3.05, 3.63) is 0 Å². The number of nitrogens with zero attached hydrogens (tertiary/aromatic N) is 1. The van der Waals surface area contributed by atoms with Crippen molar-refractivity contribution in [1.29, 1.82) is 0 Å². The van der Waals surface area contributed by atoms with Crippen molar-refractivity contribution in [3.8, 4) is 0 Å². The van der Waals surface area contributed by atoms with Crippen LogP contribution < -0.4 is 0 Å². The molecular weight excluding hydrogens is 707 g/mol. The van der Waals surface area contributed by atoms with Crippen LogP contribution >= 0.6 is 0 Å². The highest BCUT2D eigenvalue weighted by molar-refractivity contribution is 5.69. The van der Waals surface area contributed by atoms with Gasteiger partial charge >= 0.3 is 11.9 Å². The molecule has 0 radical (unpaired) electrons. The van der Waals surface area contributed by atoms with E-state index in [2.05, 4.69) is 53.5 Å². The molecule has 0 amide bonds. The second-order valence-electron chi connectivity index (χ2n) is 18.1. The summed E-state index contributed by atoms with van der Waals surface area (Å²) in [6.07, 6.45) is 40.1. The zero-order valence-corrected chi connectivity index (χ0v) is 39.7. The van der Waals surface area contributed by atoms with Gasteiger partial charge in [0, 0.05) is 25.5 Å². The number of carbonyl (C=O) groups excluding carboxylic acids is 2. The summed E-state index contributed by atoms with van der Waals surface area (Å²) in [5.41, 5.74) is 0. The predicted molar refractivity (Wildman–Crippen MR) is 246 cm³/mol. The molecule has 0 heterocycles. The predicted octanol–water partition coefficient (Wildman–Crippen LogP) is 15.4. The minimum Gasteiger partial charge on any atom is -0.466 e. The molecule has 0 N–H and O–H groups in total. The van der Waals surface area contributed by atoms with Crippen molar-refractivity contribution < 1.29 is 23.8 Å². The number of ether oxygens (including phenoxy) is 3. The summed E-state index contributed by atoms with van der Waals surface area (Å²) in [6.45, 7) is 16.8.